The summed E-state index contributed by atoms with van der Waals surface area (Å²) in [6, 6.07) is 5.00. The van der Waals surface area contributed by atoms with Crippen LogP contribution in [0.3, 0.4) is 0 Å². The minimum atomic E-state index is -1.00. The van der Waals surface area contributed by atoms with Crippen molar-refractivity contribution < 1.29 is 15.0 Å². The van der Waals surface area contributed by atoms with Crippen LogP contribution in [0.2, 0.25) is 0 Å². The molecule has 1 aromatic rings. The summed E-state index contributed by atoms with van der Waals surface area (Å²) in [5.41, 5.74) is 0.663. The number of carboxylic acids is 1. The van der Waals surface area contributed by atoms with Gasteiger partial charge in [0.05, 0.1) is 11.2 Å². The molecule has 3 nitrogen and oxygen atoms in total. The molecule has 1 rings (SSSR count). The van der Waals surface area contributed by atoms with Gasteiger partial charge in [0.25, 0.3) is 0 Å². The molecule has 15 heavy (non-hydrogen) atoms. The Kier molecular flexibility index (Phi) is 3.15. The van der Waals surface area contributed by atoms with Gasteiger partial charge in [0.15, 0.2) is 0 Å². The first-order chi connectivity index (χ1) is 6.88. The molecule has 0 bridgehead atoms. The summed E-state index contributed by atoms with van der Waals surface area (Å²) in [6.07, 6.45) is 0.599. The molecule has 0 radical (unpaired) electrons. The van der Waals surface area contributed by atoms with Crippen LogP contribution in [-0.4, -0.2) is 16.2 Å². The molecular formula is C12H16O3. The third-order valence-electron chi connectivity index (χ3n) is 2.42. The number of carboxylic acid groups (broad SMARTS) is 1. The molecule has 82 valence electrons. The number of aromatic carboxylic acids is 1. The lowest BCUT2D eigenvalue weighted by Crippen LogP contribution is -2.19. The fourth-order valence-electron chi connectivity index (χ4n) is 1.74. The highest BCUT2D eigenvalue weighted by Gasteiger charge is 2.22. The summed E-state index contributed by atoms with van der Waals surface area (Å²) in [7, 11) is 0. The van der Waals surface area contributed by atoms with E-state index >= 15 is 0 Å². The first-order valence-electron chi connectivity index (χ1n) is 4.96. The monoisotopic (exact) mass is 208 g/mol. The lowest BCUT2D eigenvalue weighted by Gasteiger charge is -2.22. The summed E-state index contributed by atoms with van der Waals surface area (Å²) in [6.45, 7) is 5.21. The number of hydrogen-bond donors (Lipinski definition) is 2. The highest BCUT2D eigenvalue weighted by Crippen LogP contribution is 2.26. The molecule has 3 heteroatoms. The molecule has 0 atom stereocenters. The first-order valence-corrected chi connectivity index (χ1v) is 4.96. The zero-order valence-corrected chi connectivity index (χ0v) is 9.24. The molecule has 0 saturated carbocycles. The molecule has 0 aliphatic carbocycles. The lowest BCUT2D eigenvalue weighted by atomic mass is 9.89. The van der Waals surface area contributed by atoms with Gasteiger partial charge in [0.1, 0.15) is 0 Å². The topological polar surface area (TPSA) is 57.5 Å². The smallest absolute Gasteiger partial charge is 0.335 e. The van der Waals surface area contributed by atoms with Crippen molar-refractivity contribution in [3.05, 3.63) is 34.9 Å². The van der Waals surface area contributed by atoms with Gasteiger partial charge < -0.3 is 10.2 Å². The molecule has 0 heterocycles. The van der Waals surface area contributed by atoms with Gasteiger partial charge in [-0.25, -0.2) is 4.79 Å². The molecule has 0 aliphatic rings. The summed E-state index contributed by atoms with van der Waals surface area (Å²) >= 11 is 0. The van der Waals surface area contributed by atoms with Crippen LogP contribution in [0.1, 0.15) is 42.3 Å². The number of hydrogen-bond acceptors (Lipinski definition) is 2. The van der Waals surface area contributed by atoms with E-state index in [9.17, 15) is 9.90 Å². The third kappa shape index (κ3) is 2.36. The van der Waals surface area contributed by atoms with Crippen LogP contribution in [0.4, 0.5) is 0 Å². The van der Waals surface area contributed by atoms with E-state index in [1.165, 1.54) is 0 Å². The fourth-order valence-corrected chi connectivity index (χ4v) is 1.74. The Morgan fingerprint density at radius 1 is 1.40 bits per heavy atom. The minimum absolute atomic E-state index is 0.275. The van der Waals surface area contributed by atoms with E-state index in [0.29, 0.717) is 17.5 Å². The summed E-state index contributed by atoms with van der Waals surface area (Å²) in [4.78, 5) is 11.0. The van der Waals surface area contributed by atoms with Crippen molar-refractivity contribution in [3.63, 3.8) is 0 Å². The van der Waals surface area contributed by atoms with E-state index < -0.39 is 11.6 Å². The first kappa shape index (κ1) is 11.7. The van der Waals surface area contributed by atoms with Crippen molar-refractivity contribution in [3.8, 4) is 0 Å². The Morgan fingerprint density at radius 2 is 2.00 bits per heavy atom. The minimum Gasteiger partial charge on any atom is -0.478 e. The Balaban J connectivity index is 3.42. The van der Waals surface area contributed by atoms with Gasteiger partial charge >= 0.3 is 5.97 Å². The van der Waals surface area contributed by atoms with Gasteiger partial charge in [-0.3, -0.25) is 0 Å². The molecule has 0 saturated heterocycles. The van der Waals surface area contributed by atoms with Gasteiger partial charge in [-0.2, -0.15) is 0 Å². The van der Waals surface area contributed by atoms with Crippen LogP contribution < -0.4 is 0 Å². The van der Waals surface area contributed by atoms with Gasteiger partial charge in [0, 0.05) is 0 Å². The van der Waals surface area contributed by atoms with Crippen LogP contribution in [-0.2, 0) is 12.0 Å². The predicted octanol–water partition coefficient (Wildman–Crippen LogP) is 2.17. The molecular weight excluding hydrogens is 192 g/mol. The molecule has 2 N–H and O–H groups in total. The number of rotatable bonds is 3. The SMILES string of the molecule is CCc1c(C(=O)O)cccc1C(C)(C)O. The van der Waals surface area contributed by atoms with Crippen LogP contribution in [0.5, 0.6) is 0 Å². The van der Waals surface area contributed by atoms with Crippen molar-refractivity contribution in [1.82, 2.24) is 0 Å². The average Bonchev–Trinajstić information content (AvgIpc) is 2.15. The molecule has 0 fully saturated rings. The van der Waals surface area contributed by atoms with E-state index in [1.54, 1.807) is 32.0 Å². The van der Waals surface area contributed by atoms with E-state index in [2.05, 4.69) is 0 Å². The Labute approximate surface area is 89.4 Å². The quantitative estimate of drug-likeness (QED) is 0.800. The number of aliphatic hydroxyl groups is 1. The lowest BCUT2D eigenvalue weighted by molar-refractivity contribution is 0.0690. The van der Waals surface area contributed by atoms with Gasteiger partial charge in [0.2, 0.25) is 0 Å². The second kappa shape index (κ2) is 4.03. The van der Waals surface area contributed by atoms with Crippen LogP contribution in [0.25, 0.3) is 0 Å². The number of carbonyl (C=O) groups is 1. The van der Waals surface area contributed by atoms with E-state index in [4.69, 9.17) is 5.11 Å². The fraction of sp³-hybridized carbons (Fsp3) is 0.417. The van der Waals surface area contributed by atoms with Gasteiger partial charge in [-0.1, -0.05) is 19.1 Å². The zero-order chi connectivity index (χ0) is 11.6. The Morgan fingerprint density at radius 3 is 2.40 bits per heavy atom. The highest BCUT2D eigenvalue weighted by atomic mass is 16.4. The summed E-state index contributed by atoms with van der Waals surface area (Å²) in [5.74, 6) is -0.946. The van der Waals surface area contributed by atoms with Gasteiger partial charge in [-0.05, 0) is 37.5 Å². The number of benzene rings is 1. The van der Waals surface area contributed by atoms with Crippen LogP contribution in [0.15, 0.2) is 18.2 Å². The maximum atomic E-state index is 11.0. The largest absolute Gasteiger partial charge is 0.478 e. The maximum absolute atomic E-state index is 11.0. The second-order valence-electron chi connectivity index (χ2n) is 4.05. The van der Waals surface area contributed by atoms with Crippen LogP contribution >= 0.6 is 0 Å². The Hall–Kier alpha value is -1.35. The van der Waals surface area contributed by atoms with Crippen molar-refractivity contribution in [2.45, 2.75) is 32.8 Å². The zero-order valence-electron chi connectivity index (χ0n) is 9.24. The van der Waals surface area contributed by atoms with Gasteiger partial charge in [-0.15, -0.1) is 0 Å². The summed E-state index contributed by atoms with van der Waals surface area (Å²) < 4.78 is 0. The molecule has 0 spiro atoms. The van der Waals surface area contributed by atoms with Crippen molar-refractivity contribution in [2.75, 3.05) is 0 Å². The predicted molar refractivity (Wildman–Crippen MR) is 58.0 cm³/mol. The van der Waals surface area contributed by atoms with E-state index in [0.717, 1.165) is 0 Å². The molecule has 0 aliphatic heterocycles. The van der Waals surface area contributed by atoms with Crippen molar-refractivity contribution in [1.29, 1.82) is 0 Å². The average molecular weight is 208 g/mol. The second-order valence-corrected chi connectivity index (χ2v) is 4.05. The van der Waals surface area contributed by atoms with Crippen LogP contribution in [0, 0.1) is 0 Å². The standard InChI is InChI=1S/C12H16O3/c1-4-8-9(11(13)14)6-5-7-10(8)12(2,3)15/h5-7,15H,4H2,1-3H3,(H,13,14). The third-order valence-corrected chi connectivity index (χ3v) is 2.42. The molecule has 0 aromatic heterocycles. The normalized spacial score (nSPS) is 11.5. The van der Waals surface area contributed by atoms with Crippen molar-refractivity contribution >= 4 is 5.97 Å². The van der Waals surface area contributed by atoms with E-state index in [-0.39, 0.29) is 5.56 Å². The molecule has 0 amide bonds. The highest BCUT2D eigenvalue weighted by molar-refractivity contribution is 5.89. The summed E-state index contributed by atoms with van der Waals surface area (Å²) in [5, 5.41) is 18.9. The molecule has 0 unspecified atom stereocenters. The van der Waals surface area contributed by atoms with Crippen molar-refractivity contribution in [2.24, 2.45) is 0 Å². The molecule has 1 aromatic carbocycles. The maximum Gasteiger partial charge on any atom is 0.335 e. The van der Waals surface area contributed by atoms with E-state index in [1.807, 2.05) is 6.92 Å². The Bertz CT molecular complexity index is 375.